The molecule has 0 radical (unpaired) electrons. The Morgan fingerprint density at radius 2 is 2.00 bits per heavy atom. The van der Waals surface area contributed by atoms with Crippen LogP contribution >= 0.6 is 0 Å². The average molecular weight is 242 g/mol. The van der Waals surface area contributed by atoms with E-state index in [2.05, 4.69) is 5.32 Å². The van der Waals surface area contributed by atoms with Crippen molar-refractivity contribution in [2.75, 3.05) is 6.54 Å². The van der Waals surface area contributed by atoms with E-state index >= 15 is 0 Å². The van der Waals surface area contributed by atoms with Gasteiger partial charge >= 0.3 is 12.0 Å². The number of urea groups is 1. The van der Waals surface area contributed by atoms with Crippen molar-refractivity contribution < 1.29 is 14.7 Å². The maximum absolute atomic E-state index is 12.0. The van der Waals surface area contributed by atoms with Crippen LogP contribution in [0.15, 0.2) is 0 Å². The Labute approximate surface area is 102 Å². The van der Waals surface area contributed by atoms with Crippen LogP contribution in [0, 0.1) is 5.92 Å². The number of aliphatic carboxylic acids is 1. The number of carboxylic acid groups (broad SMARTS) is 1. The maximum atomic E-state index is 12.0. The lowest BCUT2D eigenvalue weighted by Gasteiger charge is -2.28. The third kappa shape index (κ3) is 4.24. The maximum Gasteiger partial charge on any atom is 0.326 e. The monoisotopic (exact) mass is 242 g/mol. The SMILES string of the molecule is CC[C@H](NC(=O)N(CC1CC1)C(C)C)C(=O)O. The quantitative estimate of drug-likeness (QED) is 0.744. The topological polar surface area (TPSA) is 69.6 Å². The lowest BCUT2D eigenvalue weighted by atomic mass is 10.2. The van der Waals surface area contributed by atoms with Crippen LogP contribution < -0.4 is 5.32 Å². The van der Waals surface area contributed by atoms with Crippen LogP contribution in [0.3, 0.4) is 0 Å². The predicted molar refractivity (Wildman–Crippen MR) is 64.8 cm³/mol. The highest BCUT2D eigenvalue weighted by Gasteiger charge is 2.29. The van der Waals surface area contributed by atoms with Crippen LogP contribution in [-0.4, -0.2) is 40.6 Å². The molecule has 0 aromatic carbocycles. The molecule has 0 saturated heterocycles. The summed E-state index contributed by atoms with van der Waals surface area (Å²) in [6, 6.07) is -0.953. The second kappa shape index (κ2) is 5.89. The molecule has 0 bridgehead atoms. The minimum Gasteiger partial charge on any atom is -0.480 e. The summed E-state index contributed by atoms with van der Waals surface area (Å²) in [7, 11) is 0. The van der Waals surface area contributed by atoms with Crippen molar-refractivity contribution in [1.82, 2.24) is 10.2 Å². The fourth-order valence-electron chi connectivity index (χ4n) is 1.68. The highest BCUT2D eigenvalue weighted by atomic mass is 16.4. The van der Waals surface area contributed by atoms with Crippen LogP contribution in [0.25, 0.3) is 0 Å². The number of nitrogens with one attached hydrogen (secondary N) is 1. The molecule has 0 unspecified atom stereocenters. The van der Waals surface area contributed by atoms with Crippen molar-refractivity contribution in [3.05, 3.63) is 0 Å². The van der Waals surface area contributed by atoms with E-state index in [0.717, 1.165) is 6.54 Å². The molecule has 5 heteroatoms. The van der Waals surface area contributed by atoms with E-state index in [-0.39, 0.29) is 12.1 Å². The van der Waals surface area contributed by atoms with Gasteiger partial charge in [0, 0.05) is 12.6 Å². The number of hydrogen-bond acceptors (Lipinski definition) is 2. The summed E-state index contributed by atoms with van der Waals surface area (Å²) < 4.78 is 0. The fourth-order valence-corrected chi connectivity index (χ4v) is 1.68. The normalized spacial score (nSPS) is 16.7. The largest absolute Gasteiger partial charge is 0.480 e. The van der Waals surface area contributed by atoms with E-state index in [1.54, 1.807) is 11.8 Å². The molecule has 5 nitrogen and oxygen atoms in total. The van der Waals surface area contributed by atoms with Gasteiger partial charge in [-0.25, -0.2) is 9.59 Å². The molecular formula is C12H22N2O3. The summed E-state index contributed by atoms with van der Waals surface area (Å²) in [4.78, 5) is 24.6. The lowest BCUT2D eigenvalue weighted by Crippen LogP contribution is -2.50. The van der Waals surface area contributed by atoms with Gasteiger partial charge in [-0.3, -0.25) is 0 Å². The number of nitrogens with zero attached hydrogens (tertiary/aromatic N) is 1. The average Bonchev–Trinajstić information content (AvgIpc) is 3.04. The molecule has 0 aliphatic heterocycles. The number of amides is 2. The predicted octanol–water partition coefficient (Wildman–Crippen LogP) is 1.68. The minimum absolute atomic E-state index is 0.0990. The van der Waals surface area contributed by atoms with Crippen LogP contribution in [0.4, 0.5) is 4.79 Å². The Balaban J connectivity index is 2.53. The summed E-state index contributed by atoms with van der Waals surface area (Å²) in [6.45, 7) is 6.38. The number of carboxylic acids is 1. The van der Waals surface area contributed by atoms with Gasteiger partial charge in [0.05, 0.1) is 0 Å². The van der Waals surface area contributed by atoms with Crippen LogP contribution in [0.5, 0.6) is 0 Å². The van der Waals surface area contributed by atoms with E-state index in [9.17, 15) is 9.59 Å². The summed E-state index contributed by atoms with van der Waals surface area (Å²) in [5.41, 5.74) is 0. The van der Waals surface area contributed by atoms with Crippen LogP contribution in [0.2, 0.25) is 0 Å². The van der Waals surface area contributed by atoms with Gasteiger partial charge < -0.3 is 15.3 Å². The van der Waals surface area contributed by atoms with Crippen molar-refractivity contribution in [3.8, 4) is 0 Å². The third-order valence-corrected chi connectivity index (χ3v) is 3.04. The zero-order valence-corrected chi connectivity index (χ0v) is 10.8. The molecule has 0 aromatic rings. The standard InChI is InChI=1S/C12H22N2O3/c1-4-10(11(15)16)13-12(17)14(8(2)3)7-9-5-6-9/h8-10H,4-7H2,1-3H3,(H,13,17)(H,15,16)/t10-/m0/s1. The van der Waals surface area contributed by atoms with Gasteiger partial charge in [-0.15, -0.1) is 0 Å². The van der Waals surface area contributed by atoms with Gasteiger partial charge in [0.1, 0.15) is 6.04 Å². The van der Waals surface area contributed by atoms with Crippen molar-refractivity contribution >= 4 is 12.0 Å². The molecule has 0 heterocycles. The van der Waals surface area contributed by atoms with Crippen molar-refractivity contribution in [2.24, 2.45) is 5.92 Å². The Hall–Kier alpha value is -1.26. The van der Waals surface area contributed by atoms with E-state index < -0.39 is 12.0 Å². The molecule has 1 aliphatic carbocycles. The molecule has 1 saturated carbocycles. The summed E-state index contributed by atoms with van der Waals surface area (Å²) >= 11 is 0. The molecule has 1 atom stereocenters. The second-order valence-electron chi connectivity index (χ2n) is 4.94. The molecule has 0 spiro atoms. The van der Waals surface area contributed by atoms with Crippen molar-refractivity contribution in [1.29, 1.82) is 0 Å². The zero-order chi connectivity index (χ0) is 13.0. The Morgan fingerprint density at radius 1 is 1.41 bits per heavy atom. The Kier molecular flexibility index (Phi) is 4.78. The summed E-state index contributed by atoms with van der Waals surface area (Å²) in [5, 5.41) is 11.5. The van der Waals surface area contributed by atoms with Crippen molar-refractivity contribution in [2.45, 2.75) is 52.1 Å². The van der Waals surface area contributed by atoms with Crippen LogP contribution in [0.1, 0.15) is 40.0 Å². The molecule has 1 rings (SSSR count). The Bertz CT molecular complexity index is 287. The fraction of sp³-hybridized carbons (Fsp3) is 0.833. The molecule has 0 aromatic heterocycles. The molecule has 2 amide bonds. The lowest BCUT2D eigenvalue weighted by molar-refractivity contribution is -0.139. The van der Waals surface area contributed by atoms with Gasteiger partial charge in [-0.05, 0) is 39.0 Å². The first-order chi connectivity index (χ1) is 7.95. The summed E-state index contributed by atoms with van der Waals surface area (Å²) in [6.07, 6.45) is 2.75. The molecular weight excluding hydrogens is 220 g/mol. The molecule has 1 fully saturated rings. The first kappa shape index (κ1) is 13.8. The molecule has 98 valence electrons. The van der Waals surface area contributed by atoms with Crippen molar-refractivity contribution in [3.63, 3.8) is 0 Å². The van der Waals surface area contributed by atoms with Gasteiger partial charge in [0.25, 0.3) is 0 Å². The van der Waals surface area contributed by atoms with Crippen LogP contribution in [-0.2, 0) is 4.79 Å². The van der Waals surface area contributed by atoms with Gasteiger partial charge in [0.2, 0.25) is 0 Å². The van der Waals surface area contributed by atoms with E-state index in [0.29, 0.717) is 12.3 Å². The van der Waals surface area contributed by atoms with Gasteiger partial charge in [-0.1, -0.05) is 6.92 Å². The number of rotatable bonds is 6. The number of hydrogen-bond donors (Lipinski definition) is 2. The number of carbonyl (C=O) groups excluding carboxylic acids is 1. The second-order valence-corrected chi connectivity index (χ2v) is 4.94. The highest BCUT2D eigenvalue weighted by Crippen LogP contribution is 2.30. The van der Waals surface area contributed by atoms with E-state index in [4.69, 9.17) is 5.11 Å². The van der Waals surface area contributed by atoms with E-state index in [1.807, 2.05) is 13.8 Å². The molecule has 17 heavy (non-hydrogen) atoms. The molecule has 1 aliphatic rings. The van der Waals surface area contributed by atoms with Gasteiger partial charge in [-0.2, -0.15) is 0 Å². The van der Waals surface area contributed by atoms with E-state index in [1.165, 1.54) is 12.8 Å². The number of carbonyl (C=O) groups is 2. The van der Waals surface area contributed by atoms with Gasteiger partial charge in [0.15, 0.2) is 0 Å². The summed E-state index contributed by atoms with van der Waals surface area (Å²) in [5.74, 6) is -0.371. The minimum atomic E-state index is -0.976. The third-order valence-electron chi connectivity index (χ3n) is 3.04. The highest BCUT2D eigenvalue weighted by molar-refractivity contribution is 5.82. The smallest absolute Gasteiger partial charge is 0.326 e. The Morgan fingerprint density at radius 3 is 2.35 bits per heavy atom. The first-order valence-electron chi connectivity index (χ1n) is 6.25. The zero-order valence-electron chi connectivity index (χ0n) is 10.8. The first-order valence-corrected chi connectivity index (χ1v) is 6.25. The molecule has 2 N–H and O–H groups in total.